The topological polar surface area (TPSA) is 49.8 Å². The van der Waals surface area contributed by atoms with Gasteiger partial charge in [-0.2, -0.15) is 5.26 Å². The van der Waals surface area contributed by atoms with Gasteiger partial charge in [-0.3, -0.25) is 0 Å². The van der Waals surface area contributed by atoms with Crippen molar-refractivity contribution in [2.24, 2.45) is 5.73 Å². The van der Waals surface area contributed by atoms with E-state index in [0.29, 0.717) is 6.42 Å². The molecule has 0 bridgehead atoms. The Balaban J connectivity index is 2.54. The molecule has 0 saturated carbocycles. The number of hydrogen-bond acceptors (Lipinski definition) is 3. The third kappa shape index (κ3) is 2.59. The highest BCUT2D eigenvalue weighted by molar-refractivity contribution is 9.11. The lowest BCUT2D eigenvalue weighted by Gasteiger charge is -2.04. The van der Waals surface area contributed by atoms with Crippen LogP contribution in [0.25, 0.3) is 0 Å². The van der Waals surface area contributed by atoms with E-state index < -0.39 is 0 Å². The van der Waals surface area contributed by atoms with Crippen molar-refractivity contribution in [1.29, 1.82) is 5.26 Å². The first-order chi connectivity index (χ1) is 5.74. The lowest BCUT2D eigenvalue weighted by molar-refractivity contribution is 0.676. The molecule has 0 radical (unpaired) electrons. The fourth-order valence-corrected chi connectivity index (χ4v) is 2.35. The average Bonchev–Trinajstić information content (AvgIpc) is 2.47. The summed E-state index contributed by atoms with van der Waals surface area (Å²) in [7, 11) is 0. The molecule has 1 atom stereocenters. The predicted octanol–water partition coefficient (Wildman–Crippen LogP) is 2.81. The van der Waals surface area contributed by atoms with Gasteiger partial charge in [0.1, 0.15) is 0 Å². The van der Waals surface area contributed by atoms with E-state index in [0.717, 1.165) is 15.1 Å². The highest BCUT2D eigenvalue weighted by atomic mass is 79.9. The van der Waals surface area contributed by atoms with Gasteiger partial charge in [-0.15, -0.1) is 11.3 Å². The Hall–Kier alpha value is -0.370. The van der Waals surface area contributed by atoms with Gasteiger partial charge in [0.25, 0.3) is 0 Å². The van der Waals surface area contributed by atoms with E-state index in [4.69, 9.17) is 11.0 Å². The molecule has 0 aliphatic carbocycles. The molecule has 64 valence electrons. The van der Waals surface area contributed by atoms with E-state index in [1.54, 1.807) is 11.3 Å². The molecule has 1 aromatic rings. The summed E-state index contributed by atoms with van der Waals surface area (Å²) in [5, 5.41) is 8.36. The molecule has 12 heavy (non-hydrogen) atoms. The fourth-order valence-electron chi connectivity index (χ4n) is 0.890. The molecule has 0 amide bonds. The maximum Gasteiger partial charge on any atom is 0.0701 e. The van der Waals surface area contributed by atoms with Crippen LogP contribution in [0.1, 0.15) is 23.8 Å². The van der Waals surface area contributed by atoms with Crippen LogP contribution in [-0.4, -0.2) is 0 Å². The quantitative estimate of drug-likeness (QED) is 0.890. The van der Waals surface area contributed by atoms with Gasteiger partial charge >= 0.3 is 0 Å². The minimum Gasteiger partial charge on any atom is -0.323 e. The van der Waals surface area contributed by atoms with Crippen molar-refractivity contribution in [2.45, 2.75) is 18.9 Å². The molecule has 0 saturated heterocycles. The molecule has 1 unspecified atom stereocenters. The normalized spacial score (nSPS) is 12.4. The molecule has 1 aromatic heterocycles. The second kappa shape index (κ2) is 4.61. The molecule has 2 N–H and O–H groups in total. The molecule has 0 aliphatic rings. The Morgan fingerprint density at radius 2 is 2.42 bits per heavy atom. The van der Waals surface area contributed by atoms with Crippen molar-refractivity contribution < 1.29 is 0 Å². The van der Waals surface area contributed by atoms with Crippen LogP contribution < -0.4 is 5.73 Å². The van der Waals surface area contributed by atoms with Crippen LogP contribution in [0.4, 0.5) is 0 Å². The van der Waals surface area contributed by atoms with Crippen molar-refractivity contribution in [1.82, 2.24) is 0 Å². The molecular weight excluding hydrogens is 236 g/mol. The van der Waals surface area contributed by atoms with Crippen LogP contribution >= 0.6 is 27.3 Å². The Morgan fingerprint density at radius 1 is 1.67 bits per heavy atom. The van der Waals surface area contributed by atoms with Crippen molar-refractivity contribution in [3.8, 4) is 6.07 Å². The van der Waals surface area contributed by atoms with Gasteiger partial charge in [0.15, 0.2) is 0 Å². The Bertz CT molecular complexity index is 289. The van der Waals surface area contributed by atoms with Gasteiger partial charge in [0, 0.05) is 17.3 Å². The maximum absolute atomic E-state index is 8.36. The van der Waals surface area contributed by atoms with Gasteiger partial charge in [-0.1, -0.05) is 0 Å². The molecule has 0 aliphatic heterocycles. The number of nitrogens with two attached hydrogens (primary N) is 1. The highest BCUT2D eigenvalue weighted by Gasteiger charge is 2.07. The number of nitriles is 1. The summed E-state index contributed by atoms with van der Waals surface area (Å²) in [6, 6.07) is 6.08. The summed E-state index contributed by atoms with van der Waals surface area (Å²) >= 11 is 5.00. The molecule has 1 heterocycles. The first-order valence-electron chi connectivity index (χ1n) is 3.62. The summed E-state index contributed by atoms with van der Waals surface area (Å²) in [5.74, 6) is 0. The predicted molar refractivity (Wildman–Crippen MR) is 53.8 cm³/mol. The van der Waals surface area contributed by atoms with Crippen molar-refractivity contribution in [3.05, 3.63) is 20.8 Å². The average molecular weight is 245 g/mol. The minimum absolute atomic E-state index is 0.0148. The first kappa shape index (κ1) is 9.72. The molecule has 0 fully saturated rings. The van der Waals surface area contributed by atoms with Gasteiger partial charge in [0.2, 0.25) is 0 Å². The molecule has 0 spiro atoms. The van der Waals surface area contributed by atoms with E-state index in [1.807, 2.05) is 12.1 Å². The maximum atomic E-state index is 8.36. The first-order valence-corrected chi connectivity index (χ1v) is 5.22. The van der Waals surface area contributed by atoms with Gasteiger partial charge in [-0.25, -0.2) is 0 Å². The van der Waals surface area contributed by atoms with Gasteiger partial charge in [0.05, 0.1) is 9.86 Å². The SMILES string of the molecule is N#CCCC(N)c1ccc(Br)s1. The van der Waals surface area contributed by atoms with E-state index in [2.05, 4.69) is 22.0 Å². The van der Waals surface area contributed by atoms with Gasteiger partial charge in [-0.05, 0) is 34.5 Å². The van der Waals surface area contributed by atoms with Crippen LogP contribution in [0.15, 0.2) is 15.9 Å². The largest absolute Gasteiger partial charge is 0.323 e. The van der Waals surface area contributed by atoms with Crippen LogP contribution in [0.3, 0.4) is 0 Å². The van der Waals surface area contributed by atoms with Crippen molar-refractivity contribution >= 4 is 27.3 Å². The van der Waals surface area contributed by atoms with Crippen LogP contribution in [0.2, 0.25) is 0 Å². The summed E-state index contributed by atoms with van der Waals surface area (Å²) in [6.45, 7) is 0. The standard InChI is InChI=1S/C8H9BrN2S/c9-8-4-3-7(12-8)6(11)2-1-5-10/h3-4,6H,1-2,11H2. The highest BCUT2D eigenvalue weighted by Crippen LogP contribution is 2.27. The molecule has 0 aromatic carbocycles. The molecule has 2 nitrogen and oxygen atoms in total. The summed E-state index contributed by atoms with van der Waals surface area (Å²) in [5.41, 5.74) is 5.83. The van der Waals surface area contributed by atoms with Crippen LogP contribution in [0, 0.1) is 11.3 Å². The summed E-state index contributed by atoms with van der Waals surface area (Å²) < 4.78 is 1.09. The third-order valence-corrected chi connectivity index (χ3v) is 3.28. The van der Waals surface area contributed by atoms with E-state index >= 15 is 0 Å². The molecule has 1 rings (SSSR count). The molecule has 4 heteroatoms. The molecular formula is C8H9BrN2S. The van der Waals surface area contributed by atoms with Crippen molar-refractivity contribution in [3.63, 3.8) is 0 Å². The zero-order valence-corrected chi connectivity index (χ0v) is 8.86. The Kier molecular flexibility index (Phi) is 3.73. The third-order valence-electron chi connectivity index (χ3n) is 1.53. The lowest BCUT2D eigenvalue weighted by atomic mass is 10.1. The van der Waals surface area contributed by atoms with E-state index in [-0.39, 0.29) is 6.04 Å². The van der Waals surface area contributed by atoms with Crippen molar-refractivity contribution in [2.75, 3.05) is 0 Å². The lowest BCUT2D eigenvalue weighted by Crippen LogP contribution is -2.07. The number of nitrogens with zero attached hydrogens (tertiary/aromatic N) is 1. The summed E-state index contributed by atoms with van der Waals surface area (Å²) in [6.07, 6.45) is 1.26. The number of thiophene rings is 1. The zero-order chi connectivity index (χ0) is 8.97. The smallest absolute Gasteiger partial charge is 0.0701 e. The number of halogens is 1. The van der Waals surface area contributed by atoms with E-state index in [1.165, 1.54) is 0 Å². The zero-order valence-electron chi connectivity index (χ0n) is 6.46. The Morgan fingerprint density at radius 3 is 2.92 bits per heavy atom. The number of rotatable bonds is 3. The summed E-state index contributed by atoms with van der Waals surface area (Å²) in [4.78, 5) is 1.14. The van der Waals surface area contributed by atoms with Crippen LogP contribution in [-0.2, 0) is 0 Å². The second-order valence-electron chi connectivity index (χ2n) is 2.45. The monoisotopic (exact) mass is 244 g/mol. The second-order valence-corrected chi connectivity index (χ2v) is 4.94. The van der Waals surface area contributed by atoms with Gasteiger partial charge < -0.3 is 5.73 Å². The van der Waals surface area contributed by atoms with E-state index in [9.17, 15) is 0 Å². The minimum atomic E-state index is 0.0148. The van der Waals surface area contributed by atoms with Crippen LogP contribution in [0.5, 0.6) is 0 Å². The Labute approximate surface area is 84.1 Å². The number of hydrogen-bond donors (Lipinski definition) is 1. The fraction of sp³-hybridized carbons (Fsp3) is 0.375.